The Bertz CT molecular complexity index is 628. The minimum Gasteiger partial charge on any atom is -0.484 e. The lowest BCUT2D eigenvalue weighted by atomic mass is 10.2. The Balaban J connectivity index is 2.06. The van der Waals surface area contributed by atoms with E-state index in [4.69, 9.17) is 16.3 Å². The molecule has 0 aliphatic heterocycles. The fourth-order valence-electron chi connectivity index (χ4n) is 2.02. The molecule has 21 heavy (non-hydrogen) atoms. The van der Waals surface area contributed by atoms with Crippen LogP contribution < -0.4 is 10.1 Å². The van der Waals surface area contributed by atoms with E-state index >= 15 is 0 Å². The number of nitrogens with zero attached hydrogens (tertiary/aromatic N) is 2. The second-order valence-electron chi connectivity index (χ2n) is 4.80. The fourth-order valence-corrected chi connectivity index (χ4v) is 2.24. The maximum atomic E-state index is 14.0. The minimum absolute atomic E-state index is 0.180. The molecule has 0 saturated carbocycles. The lowest BCUT2D eigenvalue weighted by molar-refractivity contribution is 0.280. The number of nitrogens with one attached hydrogen (secondary N) is 1. The van der Waals surface area contributed by atoms with Gasteiger partial charge in [0.1, 0.15) is 6.61 Å². The molecule has 0 aliphatic carbocycles. The van der Waals surface area contributed by atoms with Gasteiger partial charge in [-0.3, -0.25) is 4.68 Å². The van der Waals surface area contributed by atoms with Crippen molar-refractivity contribution in [2.24, 2.45) is 7.05 Å². The Morgan fingerprint density at radius 2 is 2.19 bits per heavy atom. The fraction of sp³-hybridized carbons (Fsp3) is 0.400. The van der Waals surface area contributed by atoms with Crippen LogP contribution in [0.3, 0.4) is 0 Å². The van der Waals surface area contributed by atoms with Gasteiger partial charge in [0.25, 0.3) is 0 Å². The first-order valence-electron chi connectivity index (χ1n) is 6.82. The van der Waals surface area contributed by atoms with Crippen molar-refractivity contribution >= 4 is 11.6 Å². The predicted molar refractivity (Wildman–Crippen MR) is 81.1 cm³/mol. The van der Waals surface area contributed by atoms with Gasteiger partial charge in [0.2, 0.25) is 0 Å². The highest BCUT2D eigenvalue weighted by molar-refractivity contribution is 6.31. The monoisotopic (exact) mass is 311 g/mol. The molecule has 0 bridgehead atoms. The molecule has 6 heteroatoms. The van der Waals surface area contributed by atoms with E-state index in [9.17, 15) is 4.39 Å². The number of hydrogen-bond acceptors (Lipinski definition) is 3. The summed E-state index contributed by atoms with van der Waals surface area (Å²) >= 11 is 6.14. The topological polar surface area (TPSA) is 39.1 Å². The smallest absolute Gasteiger partial charge is 0.165 e. The summed E-state index contributed by atoms with van der Waals surface area (Å²) in [6, 6.07) is 4.96. The highest BCUT2D eigenvalue weighted by Crippen LogP contribution is 2.23. The number of ether oxygens (including phenoxy) is 1. The standard InChI is InChI=1S/C15H19ClFN3O/c1-4-18-8-11-5-6-14(12(17)7-11)21-9-13-15(16)10(2)19-20(13)3/h5-7,18H,4,8-9H2,1-3H3. The van der Waals surface area contributed by atoms with Gasteiger partial charge in [0, 0.05) is 13.6 Å². The zero-order valence-corrected chi connectivity index (χ0v) is 13.2. The van der Waals surface area contributed by atoms with Crippen molar-refractivity contribution in [3.05, 3.63) is 46.0 Å². The van der Waals surface area contributed by atoms with E-state index in [1.54, 1.807) is 17.8 Å². The summed E-state index contributed by atoms with van der Waals surface area (Å²) < 4.78 is 21.1. The van der Waals surface area contributed by atoms with Crippen LogP contribution in [0.2, 0.25) is 5.02 Å². The number of hydrogen-bond donors (Lipinski definition) is 1. The average molecular weight is 312 g/mol. The van der Waals surface area contributed by atoms with Crippen molar-refractivity contribution in [1.29, 1.82) is 0 Å². The Hall–Kier alpha value is -1.59. The van der Waals surface area contributed by atoms with E-state index in [2.05, 4.69) is 10.4 Å². The molecule has 1 aromatic carbocycles. The molecule has 0 aliphatic rings. The van der Waals surface area contributed by atoms with Crippen molar-refractivity contribution in [3.63, 3.8) is 0 Å². The Morgan fingerprint density at radius 3 is 2.76 bits per heavy atom. The van der Waals surface area contributed by atoms with E-state index in [1.165, 1.54) is 6.07 Å². The quantitative estimate of drug-likeness (QED) is 0.890. The molecule has 1 N–H and O–H groups in total. The third-order valence-corrected chi connectivity index (χ3v) is 3.69. The van der Waals surface area contributed by atoms with Gasteiger partial charge in [-0.1, -0.05) is 24.6 Å². The largest absolute Gasteiger partial charge is 0.484 e. The van der Waals surface area contributed by atoms with Gasteiger partial charge in [-0.2, -0.15) is 5.10 Å². The molecule has 2 rings (SSSR count). The van der Waals surface area contributed by atoms with Crippen LogP contribution in [0.15, 0.2) is 18.2 Å². The van der Waals surface area contributed by atoms with Gasteiger partial charge in [-0.05, 0) is 31.2 Å². The summed E-state index contributed by atoms with van der Waals surface area (Å²) in [4.78, 5) is 0. The van der Waals surface area contributed by atoms with Crippen LogP contribution in [0.1, 0.15) is 23.9 Å². The number of benzene rings is 1. The van der Waals surface area contributed by atoms with Crippen LogP contribution in [0.5, 0.6) is 5.75 Å². The van der Waals surface area contributed by atoms with Crippen LogP contribution in [-0.4, -0.2) is 16.3 Å². The van der Waals surface area contributed by atoms with Crippen LogP contribution in [0, 0.1) is 12.7 Å². The molecule has 114 valence electrons. The van der Waals surface area contributed by atoms with Crippen LogP contribution in [0.4, 0.5) is 4.39 Å². The summed E-state index contributed by atoms with van der Waals surface area (Å²) in [5.74, 6) is -0.161. The third kappa shape index (κ3) is 3.74. The van der Waals surface area contributed by atoms with Crippen molar-refractivity contribution in [3.8, 4) is 5.75 Å². The lowest BCUT2D eigenvalue weighted by Gasteiger charge is -2.09. The van der Waals surface area contributed by atoms with E-state index in [1.807, 2.05) is 19.9 Å². The first kappa shape index (κ1) is 15.8. The molecular formula is C15H19ClFN3O. The third-order valence-electron chi connectivity index (χ3n) is 3.20. The van der Waals surface area contributed by atoms with Gasteiger partial charge in [0.05, 0.1) is 16.4 Å². The molecule has 4 nitrogen and oxygen atoms in total. The van der Waals surface area contributed by atoms with E-state index in [0.717, 1.165) is 23.5 Å². The zero-order chi connectivity index (χ0) is 15.4. The van der Waals surface area contributed by atoms with Gasteiger partial charge >= 0.3 is 0 Å². The molecule has 0 unspecified atom stereocenters. The van der Waals surface area contributed by atoms with E-state index < -0.39 is 0 Å². The molecule has 0 atom stereocenters. The van der Waals surface area contributed by atoms with E-state index in [-0.39, 0.29) is 18.2 Å². The first-order valence-corrected chi connectivity index (χ1v) is 7.20. The van der Waals surface area contributed by atoms with Crippen LogP contribution in [-0.2, 0) is 20.2 Å². The maximum absolute atomic E-state index is 14.0. The normalized spacial score (nSPS) is 10.9. The highest BCUT2D eigenvalue weighted by atomic mass is 35.5. The number of rotatable bonds is 6. The minimum atomic E-state index is -0.375. The number of aryl methyl sites for hydroxylation is 2. The van der Waals surface area contributed by atoms with Crippen LogP contribution in [0.25, 0.3) is 0 Å². The van der Waals surface area contributed by atoms with Gasteiger partial charge < -0.3 is 10.1 Å². The second kappa shape index (κ2) is 6.91. The summed E-state index contributed by atoms with van der Waals surface area (Å²) in [6.07, 6.45) is 0. The van der Waals surface area contributed by atoms with Crippen LogP contribution >= 0.6 is 11.6 Å². The van der Waals surface area contributed by atoms with Crippen molar-refractivity contribution in [2.45, 2.75) is 27.0 Å². The molecule has 0 saturated heterocycles. The van der Waals surface area contributed by atoms with Gasteiger partial charge in [0.15, 0.2) is 11.6 Å². The van der Waals surface area contributed by atoms with Gasteiger partial charge in [-0.25, -0.2) is 4.39 Å². The highest BCUT2D eigenvalue weighted by Gasteiger charge is 2.13. The molecule has 1 heterocycles. The van der Waals surface area contributed by atoms with Gasteiger partial charge in [-0.15, -0.1) is 0 Å². The molecule has 0 radical (unpaired) electrons. The first-order chi connectivity index (χ1) is 10.0. The summed E-state index contributed by atoms with van der Waals surface area (Å²) in [5, 5.41) is 7.90. The van der Waals surface area contributed by atoms with Crippen molar-refractivity contribution < 1.29 is 9.13 Å². The average Bonchev–Trinajstić information content (AvgIpc) is 2.69. The number of halogens is 2. The predicted octanol–water partition coefficient (Wildman–Crippen LogP) is 3.21. The van der Waals surface area contributed by atoms with Crippen molar-refractivity contribution in [2.75, 3.05) is 6.54 Å². The second-order valence-corrected chi connectivity index (χ2v) is 5.18. The zero-order valence-electron chi connectivity index (χ0n) is 12.4. The maximum Gasteiger partial charge on any atom is 0.165 e. The molecule has 0 amide bonds. The van der Waals surface area contributed by atoms with E-state index in [0.29, 0.717) is 11.6 Å². The Morgan fingerprint density at radius 1 is 1.43 bits per heavy atom. The Kier molecular flexibility index (Phi) is 5.20. The summed E-state index contributed by atoms with van der Waals surface area (Å²) in [6.45, 7) is 5.49. The summed E-state index contributed by atoms with van der Waals surface area (Å²) in [5.41, 5.74) is 2.35. The molecule has 0 fully saturated rings. The SMILES string of the molecule is CCNCc1ccc(OCc2c(Cl)c(C)nn2C)c(F)c1. The molecule has 1 aromatic heterocycles. The summed E-state index contributed by atoms with van der Waals surface area (Å²) in [7, 11) is 1.79. The number of aromatic nitrogens is 2. The Labute approximate surface area is 128 Å². The molecule has 0 spiro atoms. The lowest BCUT2D eigenvalue weighted by Crippen LogP contribution is -2.12. The molecular weight excluding hydrogens is 293 g/mol. The van der Waals surface area contributed by atoms with Crippen molar-refractivity contribution in [1.82, 2.24) is 15.1 Å². The molecule has 2 aromatic rings.